The Morgan fingerprint density at radius 2 is 1.76 bits per heavy atom. The van der Waals surface area contributed by atoms with E-state index in [1.165, 1.54) is 0 Å². The maximum atomic E-state index is 10.2. The molecule has 0 amide bonds. The largest absolute Gasteiger partial charge is 0.488 e. The summed E-state index contributed by atoms with van der Waals surface area (Å²) in [6.45, 7) is 1.80. The summed E-state index contributed by atoms with van der Waals surface area (Å²) in [5.74, 6) is 0.622. The summed E-state index contributed by atoms with van der Waals surface area (Å²) >= 11 is 17.9. The minimum Gasteiger partial charge on any atom is -0.488 e. The molecule has 0 saturated carbocycles. The molecule has 0 aliphatic rings. The van der Waals surface area contributed by atoms with Gasteiger partial charge >= 0.3 is 0 Å². The first-order chi connectivity index (χ1) is 9.95. The molecule has 0 spiro atoms. The molecular weight excluding hydrogens is 331 g/mol. The first-order valence-electron chi connectivity index (χ1n) is 6.50. The monoisotopic (exact) mass is 344 g/mol. The van der Waals surface area contributed by atoms with Gasteiger partial charge in [-0.1, -0.05) is 46.9 Å². The van der Waals surface area contributed by atoms with E-state index in [9.17, 15) is 5.11 Å². The Labute approximate surface area is 139 Å². The molecule has 0 aliphatic carbocycles. The minimum atomic E-state index is -0.692. The zero-order chi connectivity index (χ0) is 15.4. The van der Waals surface area contributed by atoms with Crippen LogP contribution in [0.4, 0.5) is 0 Å². The predicted octanol–water partition coefficient (Wildman–Crippen LogP) is 5.02. The van der Waals surface area contributed by atoms with E-state index in [0.29, 0.717) is 27.2 Å². The summed E-state index contributed by atoms with van der Waals surface area (Å²) in [6.07, 6.45) is -0.699. The molecule has 112 valence electrons. The molecule has 2 rings (SSSR count). The highest BCUT2D eigenvalue weighted by molar-refractivity contribution is 6.35. The van der Waals surface area contributed by atoms with Crippen molar-refractivity contribution in [1.82, 2.24) is 0 Å². The lowest BCUT2D eigenvalue weighted by molar-refractivity contribution is 0.0479. The normalized spacial score (nSPS) is 13.8. The molecule has 0 aliphatic heterocycles. The van der Waals surface area contributed by atoms with Crippen molar-refractivity contribution in [2.24, 2.45) is 0 Å². The van der Waals surface area contributed by atoms with Crippen LogP contribution in [0.25, 0.3) is 0 Å². The maximum Gasteiger partial charge on any atom is 0.122 e. The lowest BCUT2D eigenvalue weighted by Gasteiger charge is -2.21. The average molecular weight is 346 g/mol. The minimum absolute atomic E-state index is 0.387. The molecule has 2 aromatic carbocycles. The summed E-state index contributed by atoms with van der Waals surface area (Å²) in [4.78, 5) is 0. The van der Waals surface area contributed by atoms with Gasteiger partial charge in [0.05, 0.1) is 6.10 Å². The zero-order valence-corrected chi connectivity index (χ0v) is 13.7. The topological polar surface area (TPSA) is 29.5 Å². The second-order valence-electron chi connectivity index (χ2n) is 4.79. The van der Waals surface area contributed by atoms with E-state index < -0.39 is 12.2 Å². The van der Waals surface area contributed by atoms with Gasteiger partial charge in [0.15, 0.2) is 0 Å². The van der Waals surface area contributed by atoms with Gasteiger partial charge < -0.3 is 9.84 Å². The highest BCUT2D eigenvalue weighted by Crippen LogP contribution is 2.24. The summed E-state index contributed by atoms with van der Waals surface area (Å²) in [7, 11) is 0. The fourth-order valence-corrected chi connectivity index (χ4v) is 2.58. The molecule has 1 N–H and O–H groups in total. The molecule has 2 atom stereocenters. The lowest BCUT2D eigenvalue weighted by Crippen LogP contribution is -2.30. The second kappa shape index (κ2) is 7.37. The molecule has 2 nitrogen and oxygen atoms in total. The molecular formula is C16H15Cl3O2. The Morgan fingerprint density at radius 3 is 2.43 bits per heavy atom. The fraction of sp³-hybridized carbons (Fsp3) is 0.250. The molecule has 0 bridgehead atoms. The molecule has 0 aromatic heterocycles. The lowest BCUT2D eigenvalue weighted by atomic mass is 10.0. The van der Waals surface area contributed by atoms with Gasteiger partial charge in [-0.15, -0.1) is 0 Å². The van der Waals surface area contributed by atoms with Crippen LogP contribution in [0, 0.1) is 0 Å². The molecule has 2 aromatic rings. The fourth-order valence-electron chi connectivity index (χ4n) is 1.91. The van der Waals surface area contributed by atoms with Gasteiger partial charge in [-0.05, 0) is 42.8 Å². The van der Waals surface area contributed by atoms with Gasteiger partial charge in [-0.25, -0.2) is 0 Å². The highest BCUT2D eigenvalue weighted by atomic mass is 35.5. The Bertz CT molecular complexity index is 616. The van der Waals surface area contributed by atoms with Crippen molar-refractivity contribution in [1.29, 1.82) is 0 Å². The van der Waals surface area contributed by atoms with Crippen molar-refractivity contribution in [2.75, 3.05) is 0 Å². The van der Waals surface area contributed by atoms with E-state index >= 15 is 0 Å². The van der Waals surface area contributed by atoms with Crippen molar-refractivity contribution in [2.45, 2.75) is 25.6 Å². The van der Waals surface area contributed by atoms with Gasteiger partial charge in [0.2, 0.25) is 0 Å². The molecule has 21 heavy (non-hydrogen) atoms. The smallest absolute Gasteiger partial charge is 0.122 e. The summed E-state index contributed by atoms with van der Waals surface area (Å²) in [5.41, 5.74) is 0.829. The molecule has 0 radical (unpaired) electrons. The van der Waals surface area contributed by atoms with Crippen LogP contribution in [0.5, 0.6) is 5.75 Å². The Morgan fingerprint density at radius 1 is 1.05 bits per heavy atom. The quantitative estimate of drug-likeness (QED) is 0.824. The first kappa shape index (κ1) is 16.4. The SMILES string of the molecule is CC(Oc1cccc(Cl)c1)C(O)Cc1ccc(Cl)cc1Cl. The Hall–Kier alpha value is -0.930. The van der Waals surface area contributed by atoms with Crippen LogP contribution in [-0.4, -0.2) is 17.3 Å². The van der Waals surface area contributed by atoms with Gasteiger partial charge in [0.25, 0.3) is 0 Å². The van der Waals surface area contributed by atoms with Crippen LogP contribution >= 0.6 is 34.8 Å². The van der Waals surface area contributed by atoms with Gasteiger partial charge in [0, 0.05) is 21.5 Å². The number of rotatable bonds is 5. The number of halogens is 3. The molecule has 0 fully saturated rings. The van der Waals surface area contributed by atoms with Crippen LogP contribution < -0.4 is 4.74 Å². The van der Waals surface area contributed by atoms with Crippen molar-refractivity contribution in [3.05, 3.63) is 63.1 Å². The van der Waals surface area contributed by atoms with E-state index in [2.05, 4.69) is 0 Å². The average Bonchev–Trinajstić information content (AvgIpc) is 2.41. The second-order valence-corrected chi connectivity index (χ2v) is 6.07. The molecule has 0 saturated heterocycles. The third-order valence-electron chi connectivity index (χ3n) is 3.10. The Kier molecular flexibility index (Phi) is 5.77. The Balaban J connectivity index is 2.00. The first-order valence-corrected chi connectivity index (χ1v) is 7.63. The standard InChI is InChI=1S/C16H15Cl3O2/c1-10(21-14-4-2-3-12(17)8-14)16(20)7-11-5-6-13(18)9-15(11)19/h2-6,8-10,16,20H,7H2,1H3. The van der Waals surface area contributed by atoms with Crippen molar-refractivity contribution >= 4 is 34.8 Å². The van der Waals surface area contributed by atoms with Crippen LogP contribution in [-0.2, 0) is 6.42 Å². The third-order valence-corrected chi connectivity index (χ3v) is 3.93. The maximum absolute atomic E-state index is 10.2. The van der Waals surface area contributed by atoms with Crippen LogP contribution in [0.3, 0.4) is 0 Å². The van der Waals surface area contributed by atoms with Gasteiger partial charge in [-0.3, -0.25) is 0 Å². The number of aliphatic hydroxyl groups is 1. The van der Waals surface area contributed by atoms with Crippen LogP contribution in [0.15, 0.2) is 42.5 Å². The van der Waals surface area contributed by atoms with E-state index in [1.807, 2.05) is 0 Å². The van der Waals surface area contributed by atoms with Crippen molar-refractivity contribution in [3.8, 4) is 5.75 Å². The summed E-state index contributed by atoms with van der Waals surface area (Å²) < 4.78 is 5.69. The number of hydrogen-bond acceptors (Lipinski definition) is 2. The van der Waals surface area contributed by atoms with E-state index in [-0.39, 0.29) is 0 Å². The highest BCUT2D eigenvalue weighted by Gasteiger charge is 2.18. The predicted molar refractivity (Wildman–Crippen MR) is 87.7 cm³/mol. The van der Waals surface area contributed by atoms with Gasteiger partial charge in [0.1, 0.15) is 11.9 Å². The molecule has 5 heteroatoms. The number of benzene rings is 2. The third kappa shape index (κ3) is 4.79. The van der Waals surface area contributed by atoms with Gasteiger partial charge in [-0.2, -0.15) is 0 Å². The van der Waals surface area contributed by atoms with Crippen molar-refractivity contribution < 1.29 is 9.84 Å². The number of ether oxygens (including phenoxy) is 1. The zero-order valence-electron chi connectivity index (χ0n) is 11.4. The summed E-state index contributed by atoms with van der Waals surface area (Å²) in [5, 5.41) is 11.9. The van der Waals surface area contributed by atoms with E-state index in [1.54, 1.807) is 49.4 Å². The van der Waals surface area contributed by atoms with E-state index in [0.717, 1.165) is 5.56 Å². The number of aliphatic hydroxyl groups excluding tert-OH is 1. The molecule has 2 unspecified atom stereocenters. The van der Waals surface area contributed by atoms with Crippen LogP contribution in [0.1, 0.15) is 12.5 Å². The summed E-state index contributed by atoms with van der Waals surface area (Å²) in [6, 6.07) is 12.3. The van der Waals surface area contributed by atoms with Crippen LogP contribution in [0.2, 0.25) is 15.1 Å². The molecule has 0 heterocycles. The number of hydrogen-bond donors (Lipinski definition) is 1. The van der Waals surface area contributed by atoms with E-state index in [4.69, 9.17) is 39.5 Å². The van der Waals surface area contributed by atoms with Crippen molar-refractivity contribution in [3.63, 3.8) is 0 Å².